The lowest BCUT2D eigenvalue weighted by Crippen LogP contribution is -2.42. The zero-order valence-electron chi connectivity index (χ0n) is 18.7. The van der Waals surface area contributed by atoms with Gasteiger partial charge in [0.25, 0.3) is 5.91 Å². The number of carbonyl (C=O) groups is 2. The number of hydrogen-bond donors (Lipinski definition) is 0. The largest absolute Gasteiger partial charge is 0.452 e. The number of ether oxygens (including phenoxy) is 1. The Morgan fingerprint density at radius 1 is 1.09 bits per heavy atom. The van der Waals surface area contributed by atoms with Crippen molar-refractivity contribution >= 4 is 27.6 Å². The zero-order valence-corrected chi connectivity index (χ0v) is 19.5. The van der Waals surface area contributed by atoms with E-state index in [-0.39, 0.29) is 28.8 Å². The number of para-hydroxylation sites is 1. The van der Waals surface area contributed by atoms with E-state index in [9.17, 15) is 18.0 Å². The van der Waals surface area contributed by atoms with Crippen molar-refractivity contribution in [3.05, 3.63) is 60.2 Å². The summed E-state index contributed by atoms with van der Waals surface area (Å²) in [4.78, 5) is 26.3. The molecule has 0 saturated carbocycles. The molecule has 1 saturated heterocycles. The molecule has 1 amide bonds. The second-order valence-electron chi connectivity index (χ2n) is 8.35. The van der Waals surface area contributed by atoms with Crippen LogP contribution in [-0.4, -0.2) is 50.8 Å². The summed E-state index contributed by atoms with van der Waals surface area (Å²) in [6, 6.07) is 16.2. The third kappa shape index (κ3) is 5.97. The number of carbonyl (C=O) groups excluding carboxylic acids is 2. The molecule has 1 aliphatic rings. The van der Waals surface area contributed by atoms with Crippen molar-refractivity contribution in [3.63, 3.8) is 0 Å². The van der Waals surface area contributed by atoms with Gasteiger partial charge < -0.3 is 4.74 Å². The van der Waals surface area contributed by atoms with E-state index in [0.717, 1.165) is 6.42 Å². The zero-order chi connectivity index (χ0) is 24.0. The van der Waals surface area contributed by atoms with Crippen molar-refractivity contribution in [2.24, 2.45) is 11.8 Å². The molecule has 174 valence electrons. The number of amides is 1. The second kappa shape index (κ2) is 10.6. The number of rotatable bonds is 7. The number of nitrogens with zero attached hydrogens (tertiary/aromatic N) is 3. The lowest BCUT2D eigenvalue weighted by Gasteiger charge is -2.34. The average molecular weight is 470 g/mol. The van der Waals surface area contributed by atoms with E-state index >= 15 is 0 Å². The number of sulfonamides is 1. The molecule has 2 aromatic rings. The molecule has 9 heteroatoms. The summed E-state index contributed by atoms with van der Waals surface area (Å²) in [5, 5.41) is 9.04. The quantitative estimate of drug-likeness (QED) is 0.456. The minimum Gasteiger partial charge on any atom is -0.452 e. The van der Waals surface area contributed by atoms with Gasteiger partial charge >= 0.3 is 5.97 Å². The Morgan fingerprint density at radius 2 is 1.76 bits per heavy atom. The Balaban J connectivity index is 1.70. The van der Waals surface area contributed by atoms with Gasteiger partial charge in [0, 0.05) is 18.8 Å². The van der Waals surface area contributed by atoms with Crippen LogP contribution in [0.15, 0.2) is 59.5 Å². The molecule has 0 aliphatic carbocycles. The summed E-state index contributed by atoms with van der Waals surface area (Å²) in [6.07, 6.45) is 0.970. The van der Waals surface area contributed by atoms with E-state index in [1.165, 1.54) is 33.5 Å². The van der Waals surface area contributed by atoms with Gasteiger partial charge in [-0.05, 0) is 48.6 Å². The molecule has 0 radical (unpaired) electrons. The highest BCUT2D eigenvalue weighted by Gasteiger charge is 2.32. The number of anilines is 1. The Labute approximate surface area is 194 Å². The molecule has 0 bridgehead atoms. The van der Waals surface area contributed by atoms with E-state index in [2.05, 4.69) is 0 Å². The first kappa shape index (κ1) is 24.4. The fraction of sp³-hybridized carbons (Fsp3) is 0.375. The molecule has 33 heavy (non-hydrogen) atoms. The fourth-order valence-electron chi connectivity index (χ4n) is 4.03. The molecule has 2 atom stereocenters. The highest BCUT2D eigenvalue weighted by Crippen LogP contribution is 2.27. The van der Waals surface area contributed by atoms with Gasteiger partial charge in [-0.2, -0.15) is 9.57 Å². The molecule has 0 spiro atoms. The fourth-order valence-corrected chi connectivity index (χ4v) is 5.75. The third-order valence-electron chi connectivity index (χ3n) is 5.47. The number of esters is 1. The van der Waals surface area contributed by atoms with Crippen molar-refractivity contribution in [2.45, 2.75) is 25.2 Å². The first-order valence-corrected chi connectivity index (χ1v) is 12.2. The van der Waals surface area contributed by atoms with Gasteiger partial charge in [0.15, 0.2) is 6.61 Å². The van der Waals surface area contributed by atoms with Crippen molar-refractivity contribution < 1.29 is 22.7 Å². The molecule has 2 unspecified atom stereocenters. The summed E-state index contributed by atoms with van der Waals surface area (Å²) < 4.78 is 32.8. The third-order valence-corrected chi connectivity index (χ3v) is 7.29. The summed E-state index contributed by atoms with van der Waals surface area (Å²) in [7, 11) is -3.76. The summed E-state index contributed by atoms with van der Waals surface area (Å²) in [5.74, 6) is -0.866. The summed E-state index contributed by atoms with van der Waals surface area (Å²) in [5.41, 5.74) is 0.548. The maximum Gasteiger partial charge on any atom is 0.338 e. The standard InChI is InChI=1S/C24H27N3O5S/c1-18-13-19(2)16-26(15-18)33(30,31)22-10-6-7-20(14-22)24(29)32-17-23(28)27(12-11-25)21-8-4-3-5-9-21/h3-10,14,18-19H,12-13,15-17H2,1-2H3. The molecular weight excluding hydrogens is 442 g/mol. The molecule has 1 aliphatic heterocycles. The van der Waals surface area contributed by atoms with Crippen molar-refractivity contribution in [2.75, 3.05) is 31.1 Å². The van der Waals surface area contributed by atoms with Gasteiger partial charge in [0.1, 0.15) is 6.54 Å². The highest BCUT2D eigenvalue weighted by molar-refractivity contribution is 7.89. The topological polar surface area (TPSA) is 108 Å². The Hall–Kier alpha value is -3.22. The SMILES string of the molecule is CC1CC(C)CN(S(=O)(=O)c2cccc(C(=O)OCC(=O)N(CC#N)c3ccccc3)c2)C1. The van der Waals surface area contributed by atoms with Crippen LogP contribution in [0.25, 0.3) is 0 Å². The predicted octanol–water partition coefficient (Wildman–Crippen LogP) is 3.07. The highest BCUT2D eigenvalue weighted by atomic mass is 32.2. The van der Waals surface area contributed by atoms with Crippen LogP contribution in [0.5, 0.6) is 0 Å². The van der Waals surface area contributed by atoms with Crippen LogP contribution in [0.3, 0.4) is 0 Å². The maximum atomic E-state index is 13.1. The minimum absolute atomic E-state index is 0.0139. The lowest BCUT2D eigenvalue weighted by molar-refractivity contribution is -0.121. The van der Waals surface area contributed by atoms with Crippen molar-refractivity contribution in [3.8, 4) is 6.07 Å². The molecule has 3 rings (SSSR count). The van der Waals surface area contributed by atoms with E-state index in [4.69, 9.17) is 10.00 Å². The molecule has 0 N–H and O–H groups in total. The van der Waals surface area contributed by atoms with Crippen LogP contribution in [0.2, 0.25) is 0 Å². The maximum absolute atomic E-state index is 13.1. The van der Waals surface area contributed by atoms with Gasteiger partial charge in [-0.3, -0.25) is 9.69 Å². The van der Waals surface area contributed by atoms with Crippen LogP contribution in [0, 0.1) is 23.2 Å². The van der Waals surface area contributed by atoms with Crippen molar-refractivity contribution in [1.82, 2.24) is 4.31 Å². The first-order chi connectivity index (χ1) is 15.7. The molecular formula is C24H27N3O5S. The molecule has 2 aromatic carbocycles. The number of benzene rings is 2. The van der Waals surface area contributed by atoms with E-state index < -0.39 is 28.5 Å². The van der Waals surface area contributed by atoms with Crippen LogP contribution in [-0.2, 0) is 19.6 Å². The van der Waals surface area contributed by atoms with E-state index in [1.807, 2.05) is 19.9 Å². The van der Waals surface area contributed by atoms with Crippen LogP contribution >= 0.6 is 0 Å². The van der Waals surface area contributed by atoms with Gasteiger partial charge in [-0.1, -0.05) is 38.1 Å². The smallest absolute Gasteiger partial charge is 0.338 e. The number of hydrogen-bond acceptors (Lipinski definition) is 6. The van der Waals surface area contributed by atoms with Crippen LogP contribution in [0.4, 0.5) is 5.69 Å². The normalized spacial score (nSPS) is 18.8. The summed E-state index contributed by atoms with van der Waals surface area (Å²) >= 11 is 0. The molecule has 0 aromatic heterocycles. The van der Waals surface area contributed by atoms with Crippen LogP contribution < -0.4 is 4.90 Å². The predicted molar refractivity (Wildman–Crippen MR) is 123 cm³/mol. The number of piperidine rings is 1. The van der Waals surface area contributed by atoms with Crippen LogP contribution in [0.1, 0.15) is 30.6 Å². The molecule has 8 nitrogen and oxygen atoms in total. The number of nitriles is 1. The van der Waals surface area contributed by atoms with Gasteiger partial charge in [0.05, 0.1) is 16.5 Å². The molecule has 1 heterocycles. The van der Waals surface area contributed by atoms with Gasteiger partial charge in [-0.25, -0.2) is 13.2 Å². The van der Waals surface area contributed by atoms with Gasteiger partial charge in [0.2, 0.25) is 10.0 Å². The van der Waals surface area contributed by atoms with E-state index in [1.54, 1.807) is 30.3 Å². The Bertz CT molecular complexity index is 1130. The van der Waals surface area contributed by atoms with Gasteiger partial charge in [-0.15, -0.1) is 0 Å². The average Bonchev–Trinajstić information content (AvgIpc) is 2.80. The Morgan fingerprint density at radius 3 is 2.39 bits per heavy atom. The van der Waals surface area contributed by atoms with Crippen molar-refractivity contribution in [1.29, 1.82) is 5.26 Å². The second-order valence-corrected chi connectivity index (χ2v) is 10.3. The van der Waals surface area contributed by atoms with E-state index in [0.29, 0.717) is 18.8 Å². The monoisotopic (exact) mass is 469 g/mol. The lowest BCUT2D eigenvalue weighted by atomic mass is 9.94. The Kier molecular flexibility index (Phi) is 7.84. The molecule has 1 fully saturated rings. The minimum atomic E-state index is -3.76. The summed E-state index contributed by atoms with van der Waals surface area (Å²) in [6.45, 7) is 4.14. The first-order valence-electron chi connectivity index (χ1n) is 10.7.